The zero-order valence-electron chi connectivity index (χ0n) is 11.1. The average molecular weight is 332 g/mol. The van der Waals surface area contributed by atoms with E-state index in [0.29, 0.717) is 29.2 Å². The van der Waals surface area contributed by atoms with Crippen LogP contribution in [-0.4, -0.2) is 12.4 Å². The number of rotatable bonds is 2. The molecule has 102 valence electrons. The van der Waals surface area contributed by atoms with Crippen molar-refractivity contribution in [2.45, 2.75) is 13.3 Å². The van der Waals surface area contributed by atoms with Crippen LogP contribution >= 0.6 is 15.9 Å². The fourth-order valence-electron chi connectivity index (χ4n) is 2.57. The SMILES string of the molecule is Cc1cccc(N)c1C(=O)c1cc(Br)cc2c1OCC2. The summed E-state index contributed by atoms with van der Waals surface area (Å²) in [6.07, 6.45) is 0.832. The largest absolute Gasteiger partial charge is 0.492 e. The summed E-state index contributed by atoms with van der Waals surface area (Å²) in [6, 6.07) is 9.30. The molecule has 2 aromatic rings. The van der Waals surface area contributed by atoms with Crippen molar-refractivity contribution in [2.75, 3.05) is 12.3 Å². The van der Waals surface area contributed by atoms with E-state index in [1.807, 2.05) is 25.1 Å². The lowest BCUT2D eigenvalue weighted by atomic mass is 9.95. The summed E-state index contributed by atoms with van der Waals surface area (Å²) in [4.78, 5) is 12.8. The smallest absolute Gasteiger partial charge is 0.199 e. The third kappa shape index (κ3) is 2.10. The lowest BCUT2D eigenvalue weighted by Crippen LogP contribution is -2.09. The minimum absolute atomic E-state index is 0.0833. The van der Waals surface area contributed by atoms with Gasteiger partial charge in [0.15, 0.2) is 5.78 Å². The molecule has 2 N–H and O–H groups in total. The first-order valence-electron chi connectivity index (χ1n) is 6.43. The van der Waals surface area contributed by atoms with E-state index in [1.54, 1.807) is 12.1 Å². The molecule has 0 aromatic heterocycles. The Labute approximate surface area is 125 Å². The van der Waals surface area contributed by atoms with Crippen LogP contribution in [0.2, 0.25) is 0 Å². The van der Waals surface area contributed by atoms with E-state index in [2.05, 4.69) is 15.9 Å². The number of ether oxygens (including phenoxy) is 1. The normalized spacial score (nSPS) is 12.9. The first kappa shape index (κ1) is 13.2. The molecular weight excluding hydrogens is 318 g/mol. The fourth-order valence-corrected chi connectivity index (χ4v) is 3.08. The van der Waals surface area contributed by atoms with Crippen LogP contribution in [0.5, 0.6) is 5.75 Å². The Morgan fingerprint density at radius 2 is 2.15 bits per heavy atom. The van der Waals surface area contributed by atoms with E-state index in [4.69, 9.17) is 10.5 Å². The molecule has 20 heavy (non-hydrogen) atoms. The van der Waals surface area contributed by atoms with E-state index in [0.717, 1.165) is 22.0 Å². The predicted molar refractivity (Wildman–Crippen MR) is 82.4 cm³/mol. The molecule has 0 saturated carbocycles. The van der Waals surface area contributed by atoms with Gasteiger partial charge in [0.05, 0.1) is 12.2 Å². The van der Waals surface area contributed by atoms with Gasteiger partial charge >= 0.3 is 0 Å². The monoisotopic (exact) mass is 331 g/mol. The van der Waals surface area contributed by atoms with E-state index >= 15 is 0 Å². The number of carbonyl (C=O) groups excluding carboxylic acids is 1. The molecule has 1 aliphatic rings. The Bertz CT molecular complexity index is 690. The zero-order chi connectivity index (χ0) is 14.3. The fraction of sp³-hybridized carbons (Fsp3) is 0.188. The van der Waals surface area contributed by atoms with Gasteiger partial charge in [-0.25, -0.2) is 0 Å². The first-order chi connectivity index (χ1) is 9.58. The van der Waals surface area contributed by atoms with Crippen molar-refractivity contribution in [3.63, 3.8) is 0 Å². The summed E-state index contributed by atoms with van der Waals surface area (Å²) in [5.74, 6) is 0.612. The molecule has 0 fully saturated rings. The topological polar surface area (TPSA) is 52.3 Å². The van der Waals surface area contributed by atoms with Gasteiger partial charge in [0.1, 0.15) is 5.75 Å². The number of hydrogen-bond acceptors (Lipinski definition) is 3. The van der Waals surface area contributed by atoms with Crippen molar-refractivity contribution in [1.29, 1.82) is 0 Å². The first-order valence-corrected chi connectivity index (χ1v) is 7.22. The van der Waals surface area contributed by atoms with E-state index in [-0.39, 0.29) is 5.78 Å². The van der Waals surface area contributed by atoms with Crippen LogP contribution in [0.25, 0.3) is 0 Å². The van der Waals surface area contributed by atoms with Gasteiger partial charge in [-0.1, -0.05) is 28.1 Å². The summed E-state index contributed by atoms with van der Waals surface area (Å²) in [7, 11) is 0. The highest BCUT2D eigenvalue weighted by Gasteiger charge is 2.24. The zero-order valence-corrected chi connectivity index (χ0v) is 12.7. The number of carbonyl (C=O) groups is 1. The van der Waals surface area contributed by atoms with E-state index in [9.17, 15) is 4.79 Å². The third-order valence-corrected chi connectivity index (χ3v) is 3.98. The molecule has 0 unspecified atom stereocenters. The number of ketones is 1. The van der Waals surface area contributed by atoms with Crippen molar-refractivity contribution >= 4 is 27.4 Å². The number of anilines is 1. The molecule has 0 amide bonds. The molecule has 4 heteroatoms. The summed E-state index contributed by atoms with van der Waals surface area (Å²) in [6.45, 7) is 2.51. The van der Waals surface area contributed by atoms with Gasteiger partial charge in [0.2, 0.25) is 0 Å². The molecule has 0 saturated heterocycles. The number of benzene rings is 2. The highest BCUT2D eigenvalue weighted by Crippen LogP contribution is 2.35. The molecule has 1 heterocycles. The second kappa shape index (κ2) is 4.94. The van der Waals surface area contributed by atoms with Crippen molar-refractivity contribution in [3.05, 3.63) is 57.1 Å². The number of halogens is 1. The Hall–Kier alpha value is -1.81. The molecule has 0 bridgehead atoms. The molecule has 3 nitrogen and oxygen atoms in total. The number of nitrogen functional groups attached to an aromatic ring is 1. The van der Waals surface area contributed by atoms with Gasteiger partial charge < -0.3 is 10.5 Å². The maximum atomic E-state index is 12.8. The number of nitrogens with two attached hydrogens (primary N) is 1. The second-order valence-electron chi connectivity index (χ2n) is 4.91. The molecule has 0 spiro atoms. The average Bonchev–Trinajstić information content (AvgIpc) is 2.85. The van der Waals surface area contributed by atoms with Crippen LogP contribution in [0.4, 0.5) is 5.69 Å². The van der Waals surface area contributed by atoms with Crippen LogP contribution in [0, 0.1) is 6.92 Å². The van der Waals surface area contributed by atoms with Gasteiger partial charge in [0.25, 0.3) is 0 Å². The number of fused-ring (bicyclic) bond motifs is 1. The standard InChI is InChI=1S/C16H14BrNO2/c1-9-3-2-4-13(18)14(9)15(19)12-8-11(17)7-10-5-6-20-16(10)12/h2-4,7-8H,5-6,18H2,1H3. The molecule has 3 rings (SSSR count). The Morgan fingerprint density at radius 3 is 2.90 bits per heavy atom. The number of aryl methyl sites for hydroxylation is 1. The van der Waals surface area contributed by atoms with Crippen molar-refractivity contribution in [3.8, 4) is 5.75 Å². The highest BCUT2D eigenvalue weighted by atomic mass is 79.9. The van der Waals surface area contributed by atoms with Gasteiger partial charge in [0, 0.05) is 22.1 Å². The van der Waals surface area contributed by atoms with Gasteiger partial charge in [-0.2, -0.15) is 0 Å². The number of hydrogen-bond donors (Lipinski definition) is 1. The lowest BCUT2D eigenvalue weighted by molar-refractivity contribution is 0.103. The summed E-state index contributed by atoms with van der Waals surface area (Å²) >= 11 is 3.45. The van der Waals surface area contributed by atoms with Crippen molar-refractivity contribution in [1.82, 2.24) is 0 Å². The van der Waals surface area contributed by atoms with Crippen LogP contribution in [-0.2, 0) is 6.42 Å². The van der Waals surface area contributed by atoms with Crippen LogP contribution in [0.15, 0.2) is 34.8 Å². The molecular formula is C16H14BrNO2. The predicted octanol–water partition coefficient (Wildman–Crippen LogP) is 3.51. The van der Waals surface area contributed by atoms with Crippen LogP contribution in [0.3, 0.4) is 0 Å². The van der Waals surface area contributed by atoms with Crippen molar-refractivity contribution < 1.29 is 9.53 Å². The van der Waals surface area contributed by atoms with Crippen LogP contribution < -0.4 is 10.5 Å². The molecule has 2 aromatic carbocycles. The molecule has 0 radical (unpaired) electrons. The van der Waals surface area contributed by atoms with Gasteiger partial charge in [-0.3, -0.25) is 4.79 Å². The van der Waals surface area contributed by atoms with Crippen molar-refractivity contribution in [2.24, 2.45) is 0 Å². The van der Waals surface area contributed by atoms with E-state index in [1.165, 1.54) is 0 Å². The Balaban J connectivity index is 2.17. The minimum atomic E-state index is -0.0833. The minimum Gasteiger partial charge on any atom is -0.492 e. The Morgan fingerprint density at radius 1 is 1.35 bits per heavy atom. The summed E-state index contributed by atoms with van der Waals surface area (Å²) < 4.78 is 6.51. The summed E-state index contributed by atoms with van der Waals surface area (Å²) in [5, 5.41) is 0. The van der Waals surface area contributed by atoms with Crippen LogP contribution in [0.1, 0.15) is 27.0 Å². The molecule has 0 atom stereocenters. The van der Waals surface area contributed by atoms with Gasteiger partial charge in [-0.05, 0) is 36.2 Å². The Kier molecular flexibility index (Phi) is 3.26. The summed E-state index contributed by atoms with van der Waals surface area (Å²) in [5.41, 5.74) is 9.55. The van der Waals surface area contributed by atoms with E-state index < -0.39 is 0 Å². The second-order valence-corrected chi connectivity index (χ2v) is 5.82. The maximum absolute atomic E-state index is 12.8. The quantitative estimate of drug-likeness (QED) is 0.676. The lowest BCUT2D eigenvalue weighted by Gasteiger charge is -2.12. The van der Waals surface area contributed by atoms with Gasteiger partial charge in [-0.15, -0.1) is 0 Å². The maximum Gasteiger partial charge on any atom is 0.199 e. The highest BCUT2D eigenvalue weighted by molar-refractivity contribution is 9.10. The third-order valence-electron chi connectivity index (χ3n) is 3.53. The molecule has 1 aliphatic heterocycles. The molecule has 0 aliphatic carbocycles.